The van der Waals surface area contributed by atoms with Gasteiger partial charge in [0.2, 0.25) is 5.91 Å². The molecule has 0 saturated heterocycles. The number of nitrogens with one attached hydrogen (secondary N) is 1. The molecule has 1 fully saturated rings. The van der Waals surface area contributed by atoms with Gasteiger partial charge in [0.05, 0.1) is 12.6 Å². The van der Waals surface area contributed by atoms with Crippen LogP contribution in [-0.4, -0.2) is 33.2 Å². The van der Waals surface area contributed by atoms with Crippen LogP contribution in [-0.2, 0) is 11.3 Å². The first kappa shape index (κ1) is 13.5. The second kappa shape index (κ2) is 5.79. The molecule has 0 spiro atoms. The Hall–Kier alpha value is -1.96. The first-order chi connectivity index (χ1) is 9.06. The summed E-state index contributed by atoms with van der Waals surface area (Å²) in [5.41, 5.74) is 4.96. The van der Waals surface area contributed by atoms with E-state index in [1.807, 2.05) is 0 Å². The minimum Gasteiger partial charge on any atom is -0.393 e. The summed E-state index contributed by atoms with van der Waals surface area (Å²) >= 11 is 0. The lowest BCUT2D eigenvalue weighted by molar-refractivity contribution is -0.127. The third kappa shape index (κ3) is 3.50. The Balaban J connectivity index is 1.84. The number of aliphatic hydroxyl groups excluding tert-OH is 1. The van der Waals surface area contributed by atoms with Crippen molar-refractivity contribution in [1.29, 1.82) is 0 Å². The number of nitrogens with zero attached hydrogens (tertiary/aromatic N) is 2. The molecule has 1 aliphatic carbocycles. The highest BCUT2D eigenvalue weighted by Crippen LogP contribution is 2.24. The molecule has 2 atom stereocenters. The van der Waals surface area contributed by atoms with Crippen molar-refractivity contribution < 1.29 is 19.2 Å². The zero-order valence-electron chi connectivity index (χ0n) is 10.3. The van der Waals surface area contributed by atoms with Crippen molar-refractivity contribution in [2.75, 3.05) is 0 Å². The molecule has 1 aliphatic rings. The number of primary amides is 1. The van der Waals surface area contributed by atoms with E-state index < -0.39 is 12.0 Å². The Morgan fingerprint density at radius 2 is 2.26 bits per heavy atom. The van der Waals surface area contributed by atoms with E-state index >= 15 is 0 Å². The van der Waals surface area contributed by atoms with Crippen molar-refractivity contribution in [2.45, 2.75) is 38.3 Å². The van der Waals surface area contributed by atoms with Crippen LogP contribution < -0.4 is 11.1 Å². The van der Waals surface area contributed by atoms with Crippen LogP contribution in [0.4, 0.5) is 0 Å². The van der Waals surface area contributed by atoms with Gasteiger partial charge in [-0.15, -0.1) is 0 Å². The van der Waals surface area contributed by atoms with E-state index in [0.29, 0.717) is 6.42 Å². The molecule has 8 heteroatoms. The van der Waals surface area contributed by atoms with E-state index in [0.717, 1.165) is 19.3 Å². The average Bonchev–Trinajstić information content (AvgIpc) is 2.85. The third-order valence-corrected chi connectivity index (χ3v) is 3.12. The van der Waals surface area contributed by atoms with Crippen molar-refractivity contribution in [1.82, 2.24) is 15.5 Å². The van der Waals surface area contributed by atoms with Gasteiger partial charge in [0.1, 0.15) is 0 Å². The van der Waals surface area contributed by atoms with E-state index in [4.69, 9.17) is 5.73 Å². The molecule has 8 nitrogen and oxygen atoms in total. The summed E-state index contributed by atoms with van der Waals surface area (Å²) in [4.78, 5) is 26.3. The van der Waals surface area contributed by atoms with E-state index in [1.54, 1.807) is 0 Å². The van der Waals surface area contributed by atoms with Gasteiger partial charge in [-0.2, -0.15) is 4.98 Å². The predicted octanol–water partition coefficient (Wildman–Crippen LogP) is -0.664. The van der Waals surface area contributed by atoms with Crippen molar-refractivity contribution in [3.8, 4) is 0 Å². The summed E-state index contributed by atoms with van der Waals surface area (Å²) in [5.74, 6) is -1.23. The maximum atomic E-state index is 11.9. The molecule has 0 radical (unpaired) electrons. The Morgan fingerprint density at radius 1 is 1.47 bits per heavy atom. The Labute approximate surface area is 109 Å². The number of hydrogen-bond acceptors (Lipinski definition) is 6. The average molecular weight is 268 g/mol. The maximum absolute atomic E-state index is 11.9. The third-order valence-electron chi connectivity index (χ3n) is 3.12. The molecule has 2 rings (SSSR count). The molecule has 0 aromatic carbocycles. The van der Waals surface area contributed by atoms with Crippen LogP contribution in [0.25, 0.3) is 0 Å². The summed E-state index contributed by atoms with van der Waals surface area (Å²) < 4.78 is 4.59. The number of nitrogens with two attached hydrogens (primary N) is 1. The topological polar surface area (TPSA) is 131 Å². The first-order valence-electron chi connectivity index (χ1n) is 6.14. The molecule has 0 aliphatic heterocycles. The number of hydrogen-bond donors (Lipinski definition) is 3. The second-order valence-corrected chi connectivity index (χ2v) is 4.62. The van der Waals surface area contributed by atoms with Crippen LogP contribution in [0.5, 0.6) is 0 Å². The molecule has 2 amide bonds. The number of amides is 2. The molecule has 0 bridgehead atoms. The number of carbonyl (C=O) groups excluding carboxylic acids is 2. The second-order valence-electron chi connectivity index (χ2n) is 4.62. The van der Waals surface area contributed by atoms with Gasteiger partial charge in [0.25, 0.3) is 0 Å². The van der Waals surface area contributed by atoms with E-state index in [9.17, 15) is 14.7 Å². The summed E-state index contributed by atoms with van der Waals surface area (Å²) in [6.45, 7) is 0.0716. The number of aromatic nitrogens is 2. The summed E-state index contributed by atoms with van der Waals surface area (Å²) in [5, 5.41) is 15.7. The molecular weight excluding hydrogens is 252 g/mol. The number of rotatable bonds is 4. The zero-order chi connectivity index (χ0) is 13.8. The van der Waals surface area contributed by atoms with Crippen LogP contribution in [0.2, 0.25) is 0 Å². The van der Waals surface area contributed by atoms with Crippen LogP contribution in [0, 0.1) is 5.92 Å². The predicted molar refractivity (Wildman–Crippen MR) is 62.6 cm³/mol. The Bertz CT molecular complexity index is 473. The smallest absolute Gasteiger partial charge is 0.315 e. The molecule has 1 aromatic rings. The molecule has 19 heavy (non-hydrogen) atoms. The molecular formula is C11H16N4O4. The quantitative estimate of drug-likeness (QED) is 0.664. The van der Waals surface area contributed by atoms with Gasteiger partial charge in [0.15, 0.2) is 5.82 Å². The molecule has 4 N–H and O–H groups in total. The lowest BCUT2D eigenvalue weighted by Gasteiger charge is -2.24. The number of carbonyl (C=O) groups is 2. The van der Waals surface area contributed by atoms with Gasteiger partial charge in [-0.3, -0.25) is 9.59 Å². The monoisotopic (exact) mass is 268 g/mol. The molecule has 1 aromatic heterocycles. The van der Waals surface area contributed by atoms with Crippen LogP contribution in [0.15, 0.2) is 4.52 Å². The lowest BCUT2D eigenvalue weighted by atomic mass is 9.87. The van der Waals surface area contributed by atoms with Crippen LogP contribution >= 0.6 is 0 Å². The SMILES string of the molecule is NC(=O)c1nc(CNC(=O)[C@@H]2CCC[C@H](O)C2)no1. The van der Waals surface area contributed by atoms with Gasteiger partial charge < -0.3 is 20.7 Å². The molecule has 0 unspecified atom stereocenters. The summed E-state index contributed by atoms with van der Waals surface area (Å²) in [6.07, 6.45) is 2.42. The highest BCUT2D eigenvalue weighted by molar-refractivity contribution is 5.87. The Morgan fingerprint density at radius 3 is 2.89 bits per heavy atom. The van der Waals surface area contributed by atoms with Gasteiger partial charge in [-0.1, -0.05) is 11.6 Å². The van der Waals surface area contributed by atoms with Gasteiger partial charge in [-0.25, -0.2) is 0 Å². The van der Waals surface area contributed by atoms with Crippen molar-refractivity contribution in [3.63, 3.8) is 0 Å². The van der Waals surface area contributed by atoms with E-state index in [2.05, 4.69) is 20.0 Å². The normalized spacial score (nSPS) is 23.0. The van der Waals surface area contributed by atoms with Gasteiger partial charge in [0, 0.05) is 5.92 Å². The minimum absolute atomic E-state index is 0.0716. The molecule has 1 saturated carbocycles. The molecule has 1 heterocycles. The van der Waals surface area contributed by atoms with Crippen molar-refractivity contribution in [2.24, 2.45) is 11.7 Å². The van der Waals surface area contributed by atoms with Gasteiger partial charge >= 0.3 is 11.8 Å². The standard InChI is InChI=1S/C11H16N4O4/c12-9(17)11-14-8(15-19-11)5-13-10(18)6-2-1-3-7(16)4-6/h6-7,16H,1-5H2,(H2,12,17)(H,13,18)/t6-,7+/m1/s1. The highest BCUT2D eigenvalue weighted by atomic mass is 16.5. The lowest BCUT2D eigenvalue weighted by Crippen LogP contribution is -2.35. The van der Waals surface area contributed by atoms with E-state index in [-0.39, 0.29) is 30.1 Å². The summed E-state index contributed by atoms with van der Waals surface area (Å²) in [6, 6.07) is 0. The van der Waals surface area contributed by atoms with Gasteiger partial charge in [-0.05, 0) is 19.3 Å². The zero-order valence-corrected chi connectivity index (χ0v) is 10.3. The molecule has 104 valence electrons. The number of aliphatic hydroxyl groups is 1. The van der Waals surface area contributed by atoms with Crippen molar-refractivity contribution in [3.05, 3.63) is 11.7 Å². The maximum Gasteiger partial charge on any atom is 0.315 e. The minimum atomic E-state index is -0.805. The largest absolute Gasteiger partial charge is 0.393 e. The van der Waals surface area contributed by atoms with Crippen molar-refractivity contribution >= 4 is 11.8 Å². The highest BCUT2D eigenvalue weighted by Gasteiger charge is 2.26. The Kier molecular flexibility index (Phi) is 4.10. The summed E-state index contributed by atoms with van der Waals surface area (Å²) in [7, 11) is 0. The fraction of sp³-hybridized carbons (Fsp3) is 0.636. The van der Waals surface area contributed by atoms with E-state index in [1.165, 1.54) is 0 Å². The fourth-order valence-corrected chi connectivity index (χ4v) is 2.14. The van der Waals surface area contributed by atoms with Crippen LogP contribution in [0.1, 0.15) is 42.2 Å². The van der Waals surface area contributed by atoms with Crippen LogP contribution in [0.3, 0.4) is 0 Å². The fourth-order valence-electron chi connectivity index (χ4n) is 2.14. The first-order valence-corrected chi connectivity index (χ1v) is 6.14.